The van der Waals surface area contributed by atoms with Crippen molar-refractivity contribution in [1.29, 1.82) is 0 Å². The van der Waals surface area contributed by atoms with Crippen molar-refractivity contribution in [2.75, 3.05) is 19.6 Å². The molecule has 0 aliphatic carbocycles. The molecule has 35 heavy (non-hydrogen) atoms. The number of carbonyl (C=O) groups excluding carboxylic acids is 2. The van der Waals surface area contributed by atoms with Crippen LogP contribution in [0.4, 0.5) is 0 Å². The van der Waals surface area contributed by atoms with Gasteiger partial charge in [-0.25, -0.2) is 5.48 Å². The summed E-state index contributed by atoms with van der Waals surface area (Å²) < 4.78 is 5.69. The number of hydrogen-bond donors (Lipinski definition) is 4. The second kappa shape index (κ2) is 10.2. The van der Waals surface area contributed by atoms with Crippen LogP contribution in [0.25, 0.3) is 22.1 Å². The molecule has 1 aromatic heterocycles. The van der Waals surface area contributed by atoms with Crippen molar-refractivity contribution in [2.24, 2.45) is 11.8 Å². The molecule has 1 saturated heterocycles. The molecule has 0 bridgehead atoms. The molecule has 0 saturated carbocycles. The van der Waals surface area contributed by atoms with Crippen molar-refractivity contribution in [3.8, 4) is 11.1 Å². The molecule has 3 atom stereocenters. The van der Waals surface area contributed by atoms with E-state index in [-0.39, 0.29) is 11.8 Å². The predicted molar refractivity (Wildman–Crippen MR) is 132 cm³/mol. The number of nitrogens with one attached hydrogen (secondary N) is 2. The van der Waals surface area contributed by atoms with Crippen LogP contribution in [0, 0.1) is 11.8 Å². The average molecular weight is 480 g/mol. The average Bonchev–Trinajstić information content (AvgIpc) is 3.30. The van der Waals surface area contributed by atoms with Gasteiger partial charge >= 0.3 is 0 Å². The van der Waals surface area contributed by atoms with Crippen molar-refractivity contribution < 1.29 is 24.3 Å². The Hall–Kier alpha value is -3.20. The zero-order valence-corrected chi connectivity index (χ0v) is 20.3. The highest BCUT2D eigenvalue weighted by molar-refractivity contribution is 5.94. The second-order valence-corrected chi connectivity index (χ2v) is 9.82. The number of nitrogens with zero attached hydrogens (tertiary/aromatic N) is 1. The molecule has 0 spiro atoms. The van der Waals surface area contributed by atoms with E-state index in [0.29, 0.717) is 26.1 Å². The lowest BCUT2D eigenvalue weighted by molar-refractivity contribution is -0.155. The van der Waals surface area contributed by atoms with Crippen LogP contribution >= 0.6 is 0 Å². The fourth-order valence-electron chi connectivity index (χ4n) is 5.01. The van der Waals surface area contributed by atoms with E-state index >= 15 is 0 Å². The molecule has 1 aliphatic heterocycles. The molecule has 1 aliphatic rings. The minimum atomic E-state index is -1.63. The number of hydroxylamine groups is 1. The summed E-state index contributed by atoms with van der Waals surface area (Å²) in [6.45, 7) is 7.43. The van der Waals surface area contributed by atoms with Gasteiger partial charge in [0.25, 0.3) is 5.91 Å². The quantitative estimate of drug-likeness (QED) is 0.305. The van der Waals surface area contributed by atoms with E-state index in [1.807, 2.05) is 69.3 Å². The summed E-state index contributed by atoms with van der Waals surface area (Å²) in [6.07, 6.45) is 0.439. The third-order valence-corrected chi connectivity index (χ3v) is 6.94. The lowest BCUT2D eigenvalue weighted by Crippen LogP contribution is -2.62. The molecular weight excluding hydrogens is 446 g/mol. The molecule has 186 valence electrons. The van der Waals surface area contributed by atoms with Crippen molar-refractivity contribution >= 4 is 22.8 Å². The number of rotatable bonds is 7. The Kier molecular flexibility index (Phi) is 7.25. The van der Waals surface area contributed by atoms with Gasteiger partial charge in [-0.2, -0.15) is 0 Å². The number of aliphatic hydroxyl groups excluding tert-OH is 1. The van der Waals surface area contributed by atoms with E-state index in [0.717, 1.165) is 27.7 Å². The molecule has 2 amide bonds. The molecule has 4 N–H and O–H groups in total. The first-order valence-corrected chi connectivity index (χ1v) is 12.0. The summed E-state index contributed by atoms with van der Waals surface area (Å²) in [4.78, 5) is 27.5. The highest BCUT2D eigenvalue weighted by Gasteiger charge is 2.44. The normalized spacial score (nSPS) is 20.1. The summed E-state index contributed by atoms with van der Waals surface area (Å²) in [7, 11) is 0. The van der Waals surface area contributed by atoms with Gasteiger partial charge in [-0.15, -0.1) is 0 Å². The fraction of sp³-hybridized carbons (Fsp3) is 0.407. The second-order valence-electron chi connectivity index (χ2n) is 9.82. The van der Waals surface area contributed by atoms with E-state index in [4.69, 9.17) is 9.62 Å². The topological polar surface area (TPSA) is 115 Å². The Morgan fingerprint density at radius 3 is 2.57 bits per heavy atom. The molecule has 0 radical (unpaired) electrons. The number of furan rings is 1. The number of amides is 2. The smallest absolute Gasteiger partial charge is 0.272 e. The van der Waals surface area contributed by atoms with Crippen LogP contribution in [0.2, 0.25) is 0 Å². The first kappa shape index (κ1) is 24.9. The van der Waals surface area contributed by atoms with Gasteiger partial charge in [0.2, 0.25) is 5.91 Å². The lowest BCUT2D eigenvalue weighted by atomic mass is 9.83. The van der Waals surface area contributed by atoms with Gasteiger partial charge in [-0.3, -0.25) is 14.8 Å². The minimum Gasteiger partial charge on any atom is -0.464 e. The van der Waals surface area contributed by atoms with Crippen LogP contribution in [0.1, 0.15) is 32.8 Å². The first-order chi connectivity index (χ1) is 16.8. The highest BCUT2D eigenvalue weighted by atomic mass is 16.5. The van der Waals surface area contributed by atoms with Crippen molar-refractivity contribution in [2.45, 2.75) is 38.8 Å². The predicted octanol–water partition coefficient (Wildman–Crippen LogP) is 3.28. The van der Waals surface area contributed by atoms with E-state index < -0.39 is 23.5 Å². The van der Waals surface area contributed by atoms with Gasteiger partial charge in [0.1, 0.15) is 11.7 Å². The number of para-hydroxylation sites is 1. The largest absolute Gasteiger partial charge is 0.464 e. The third-order valence-electron chi connectivity index (χ3n) is 6.94. The summed E-state index contributed by atoms with van der Waals surface area (Å²) in [5.74, 6) is -2.17. The summed E-state index contributed by atoms with van der Waals surface area (Å²) in [6, 6.07) is 15.9. The number of hydrogen-bond acceptors (Lipinski definition) is 6. The van der Waals surface area contributed by atoms with Crippen LogP contribution in [-0.4, -0.2) is 52.8 Å². The van der Waals surface area contributed by atoms with Gasteiger partial charge in [-0.05, 0) is 36.5 Å². The molecule has 8 heteroatoms. The molecule has 0 unspecified atom stereocenters. The molecule has 2 aromatic carbocycles. The highest BCUT2D eigenvalue weighted by Crippen LogP contribution is 2.36. The maximum Gasteiger partial charge on any atom is 0.272 e. The number of piperazine rings is 1. The lowest BCUT2D eigenvalue weighted by Gasteiger charge is -2.47. The monoisotopic (exact) mass is 479 g/mol. The Labute approximate surface area is 204 Å². The molecule has 1 fully saturated rings. The number of carbonyl (C=O) groups is 2. The van der Waals surface area contributed by atoms with Crippen LogP contribution < -0.4 is 10.8 Å². The van der Waals surface area contributed by atoms with E-state index in [9.17, 15) is 14.7 Å². The van der Waals surface area contributed by atoms with Crippen molar-refractivity contribution in [3.63, 3.8) is 0 Å². The number of aliphatic hydroxyl groups is 1. The number of benzene rings is 2. The van der Waals surface area contributed by atoms with Crippen LogP contribution in [0.3, 0.4) is 0 Å². The van der Waals surface area contributed by atoms with Gasteiger partial charge in [0, 0.05) is 30.6 Å². The Balaban J connectivity index is 1.65. The van der Waals surface area contributed by atoms with E-state index in [1.165, 1.54) is 5.48 Å². The molecule has 2 heterocycles. The maximum atomic E-state index is 13.7. The summed E-state index contributed by atoms with van der Waals surface area (Å²) in [5, 5.41) is 24.0. The first-order valence-electron chi connectivity index (χ1n) is 12.0. The van der Waals surface area contributed by atoms with E-state index in [1.54, 1.807) is 11.2 Å². The molecule has 8 nitrogen and oxygen atoms in total. The van der Waals surface area contributed by atoms with Crippen LogP contribution in [0.15, 0.2) is 59.2 Å². The fourth-order valence-corrected chi connectivity index (χ4v) is 5.01. The van der Waals surface area contributed by atoms with E-state index in [2.05, 4.69) is 5.32 Å². The van der Waals surface area contributed by atoms with Crippen LogP contribution in [-0.2, 0) is 15.1 Å². The summed E-state index contributed by atoms with van der Waals surface area (Å²) >= 11 is 0. The standard InChI is InChI=1S/C27H33N3O5/c1-17(2)14-21(24(31)25(32)29-34)26(33)30-13-12-28-16-27(30,3)19-10-8-18(9-11-19)22-15-35-23-7-5-4-6-20(22)23/h4-11,15,17,21,24,28,31,34H,12-14,16H2,1-3H3,(H,29,32)/t21-,24-,27-/m0/s1. The number of fused-ring (bicyclic) bond motifs is 1. The maximum absolute atomic E-state index is 13.7. The molecular formula is C27H33N3O5. The Morgan fingerprint density at radius 1 is 1.17 bits per heavy atom. The Morgan fingerprint density at radius 2 is 1.89 bits per heavy atom. The van der Waals surface area contributed by atoms with Gasteiger partial charge in [0.05, 0.1) is 17.7 Å². The molecule has 3 aromatic rings. The van der Waals surface area contributed by atoms with Crippen LogP contribution in [0.5, 0.6) is 0 Å². The Bertz CT molecular complexity index is 1190. The van der Waals surface area contributed by atoms with Crippen molar-refractivity contribution in [3.05, 3.63) is 60.4 Å². The zero-order valence-electron chi connectivity index (χ0n) is 20.3. The SMILES string of the molecule is CC(C)C[C@H](C(=O)N1CCNC[C@@]1(C)c1ccc(-c2coc3ccccc23)cc1)[C@H](O)C(=O)NO. The van der Waals surface area contributed by atoms with Crippen molar-refractivity contribution in [1.82, 2.24) is 15.7 Å². The van der Waals surface area contributed by atoms with Gasteiger partial charge in [0.15, 0.2) is 0 Å². The van der Waals surface area contributed by atoms with Gasteiger partial charge in [-0.1, -0.05) is 56.3 Å². The molecule has 4 rings (SSSR count). The summed E-state index contributed by atoms with van der Waals surface area (Å²) in [5.41, 5.74) is 4.58. The minimum absolute atomic E-state index is 0.0725. The zero-order chi connectivity index (χ0) is 25.2. The van der Waals surface area contributed by atoms with Gasteiger partial charge < -0.3 is 19.7 Å². The third kappa shape index (κ3) is 4.82.